The van der Waals surface area contributed by atoms with Gasteiger partial charge in [0.05, 0.1) is 12.5 Å². The average Bonchev–Trinajstić information content (AvgIpc) is 2.89. The highest BCUT2D eigenvalue weighted by Gasteiger charge is 2.20. The van der Waals surface area contributed by atoms with Crippen LogP contribution in [0.5, 0.6) is 0 Å². The molecule has 0 saturated heterocycles. The van der Waals surface area contributed by atoms with Crippen LogP contribution in [-0.4, -0.2) is 54.1 Å². The number of nitrogens with one attached hydrogen (secondary N) is 1. The highest BCUT2D eigenvalue weighted by molar-refractivity contribution is 7.20. The lowest BCUT2D eigenvalue weighted by atomic mass is 10.2. The van der Waals surface area contributed by atoms with Crippen LogP contribution in [0.25, 0.3) is 10.2 Å². The van der Waals surface area contributed by atoms with E-state index in [0.717, 1.165) is 47.5 Å². The molecule has 6 nitrogen and oxygen atoms in total. The molecule has 7 heteroatoms. The minimum Gasteiger partial charge on any atom is -0.465 e. The summed E-state index contributed by atoms with van der Waals surface area (Å²) < 4.78 is 4.87. The van der Waals surface area contributed by atoms with Gasteiger partial charge in [0.15, 0.2) is 0 Å². The third-order valence-corrected chi connectivity index (χ3v) is 5.55. The van der Waals surface area contributed by atoms with Gasteiger partial charge in [-0.15, -0.1) is 11.3 Å². The molecule has 0 atom stereocenters. The van der Waals surface area contributed by atoms with Crippen LogP contribution < -0.4 is 5.32 Å². The van der Waals surface area contributed by atoms with Crippen molar-refractivity contribution in [3.63, 3.8) is 0 Å². The van der Waals surface area contributed by atoms with Crippen molar-refractivity contribution in [3.05, 3.63) is 16.3 Å². The molecule has 0 aromatic carbocycles. The SMILES string of the molecule is COC(=O)c1sc2nc(C)nc(NCCCCN(C)C(C)C)c2c1C. The van der Waals surface area contributed by atoms with Gasteiger partial charge in [0.2, 0.25) is 0 Å². The molecule has 2 aromatic heterocycles. The van der Waals surface area contributed by atoms with Gasteiger partial charge < -0.3 is 15.0 Å². The fourth-order valence-electron chi connectivity index (χ4n) is 2.61. The first-order chi connectivity index (χ1) is 11.8. The number of methoxy groups -OCH3 is 1. The highest BCUT2D eigenvalue weighted by atomic mass is 32.1. The maximum absolute atomic E-state index is 11.9. The Morgan fingerprint density at radius 3 is 2.64 bits per heavy atom. The van der Waals surface area contributed by atoms with Gasteiger partial charge in [0.1, 0.15) is 21.3 Å². The van der Waals surface area contributed by atoms with Crippen LogP contribution in [0.15, 0.2) is 0 Å². The minimum atomic E-state index is -0.319. The number of carbonyl (C=O) groups is 1. The summed E-state index contributed by atoms with van der Waals surface area (Å²) in [7, 11) is 3.55. The van der Waals surface area contributed by atoms with E-state index in [0.29, 0.717) is 16.7 Å². The third-order valence-electron chi connectivity index (χ3n) is 4.38. The maximum atomic E-state index is 11.9. The number of unbranched alkanes of at least 4 members (excludes halogenated alkanes) is 1. The smallest absolute Gasteiger partial charge is 0.348 e. The second kappa shape index (κ2) is 8.58. The summed E-state index contributed by atoms with van der Waals surface area (Å²) in [4.78, 5) is 24.7. The molecule has 25 heavy (non-hydrogen) atoms. The first kappa shape index (κ1) is 19.6. The zero-order valence-electron chi connectivity index (χ0n) is 16.0. The molecule has 0 aliphatic carbocycles. The first-order valence-electron chi connectivity index (χ1n) is 8.65. The van der Waals surface area contributed by atoms with Gasteiger partial charge in [0.25, 0.3) is 0 Å². The lowest BCUT2D eigenvalue weighted by Gasteiger charge is -2.20. The Morgan fingerprint density at radius 1 is 1.28 bits per heavy atom. The normalized spacial score (nSPS) is 11.5. The summed E-state index contributed by atoms with van der Waals surface area (Å²) in [6.45, 7) is 10.1. The standard InChI is InChI=1S/C18H28N4O2S/c1-11(2)22(5)10-8-7-9-19-16-14-12(3)15(18(23)24-6)25-17(14)21-13(4)20-16/h11H,7-10H2,1-6H3,(H,19,20,21). The lowest BCUT2D eigenvalue weighted by molar-refractivity contribution is 0.0605. The third kappa shape index (κ3) is 4.67. The van der Waals surface area contributed by atoms with Crippen molar-refractivity contribution in [2.75, 3.05) is 32.6 Å². The number of nitrogens with zero attached hydrogens (tertiary/aromatic N) is 3. The summed E-state index contributed by atoms with van der Waals surface area (Å²) >= 11 is 1.36. The van der Waals surface area contributed by atoms with Crippen molar-refractivity contribution in [2.24, 2.45) is 0 Å². The van der Waals surface area contributed by atoms with Gasteiger partial charge in [-0.05, 0) is 59.7 Å². The number of hydrogen-bond donors (Lipinski definition) is 1. The number of esters is 1. The fraction of sp³-hybridized carbons (Fsp3) is 0.611. The molecule has 0 unspecified atom stereocenters. The van der Waals surface area contributed by atoms with Gasteiger partial charge >= 0.3 is 5.97 Å². The zero-order chi connectivity index (χ0) is 18.6. The van der Waals surface area contributed by atoms with Crippen molar-refractivity contribution in [3.8, 4) is 0 Å². The van der Waals surface area contributed by atoms with Crippen LogP contribution >= 0.6 is 11.3 Å². The van der Waals surface area contributed by atoms with Gasteiger partial charge in [-0.3, -0.25) is 0 Å². The summed E-state index contributed by atoms with van der Waals surface area (Å²) in [5.74, 6) is 1.19. The molecule has 138 valence electrons. The predicted molar refractivity (Wildman–Crippen MR) is 104 cm³/mol. The second-order valence-electron chi connectivity index (χ2n) is 6.56. The average molecular weight is 365 g/mol. The molecular formula is C18H28N4O2S. The van der Waals surface area contributed by atoms with Gasteiger partial charge in [-0.25, -0.2) is 14.8 Å². The van der Waals surface area contributed by atoms with E-state index in [9.17, 15) is 4.79 Å². The minimum absolute atomic E-state index is 0.319. The number of ether oxygens (including phenoxy) is 1. The number of carbonyl (C=O) groups excluding carboxylic acids is 1. The Labute approximate surface area is 153 Å². The monoisotopic (exact) mass is 364 g/mol. The number of hydrogen-bond acceptors (Lipinski definition) is 7. The molecule has 0 fully saturated rings. The van der Waals surface area contributed by atoms with Gasteiger partial charge in [0, 0.05) is 12.6 Å². The largest absolute Gasteiger partial charge is 0.465 e. The van der Waals surface area contributed by atoms with Gasteiger partial charge in [-0.2, -0.15) is 0 Å². The van der Waals surface area contributed by atoms with Crippen molar-refractivity contribution < 1.29 is 9.53 Å². The molecule has 1 N–H and O–H groups in total. The molecule has 0 spiro atoms. The van der Waals surface area contributed by atoms with E-state index >= 15 is 0 Å². The predicted octanol–water partition coefficient (Wildman–Crippen LogP) is 3.63. The van der Waals surface area contributed by atoms with E-state index in [1.54, 1.807) is 0 Å². The Kier molecular flexibility index (Phi) is 6.72. The van der Waals surface area contributed by atoms with Crippen molar-refractivity contribution in [2.45, 2.75) is 46.6 Å². The molecule has 0 aliphatic rings. The molecule has 0 saturated carbocycles. The quantitative estimate of drug-likeness (QED) is 0.570. The number of anilines is 1. The van der Waals surface area contributed by atoms with E-state index in [-0.39, 0.29) is 5.97 Å². The molecule has 0 amide bonds. The van der Waals surface area contributed by atoms with E-state index in [1.807, 2.05) is 13.8 Å². The van der Waals surface area contributed by atoms with Crippen molar-refractivity contribution in [1.29, 1.82) is 0 Å². The van der Waals surface area contributed by atoms with E-state index in [2.05, 4.69) is 41.1 Å². The fourth-order valence-corrected chi connectivity index (χ4v) is 3.76. The van der Waals surface area contributed by atoms with E-state index in [1.165, 1.54) is 18.4 Å². The molecule has 2 heterocycles. The Balaban J connectivity index is 2.10. The molecule has 0 bridgehead atoms. The van der Waals surface area contributed by atoms with Crippen LogP contribution in [0.3, 0.4) is 0 Å². The molecule has 2 aromatic rings. The summed E-state index contributed by atoms with van der Waals surface area (Å²) in [6.07, 6.45) is 2.19. The molecular weight excluding hydrogens is 336 g/mol. The second-order valence-corrected chi connectivity index (χ2v) is 7.55. The summed E-state index contributed by atoms with van der Waals surface area (Å²) in [5, 5.41) is 4.35. The molecule has 0 radical (unpaired) electrons. The number of thiophene rings is 1. The molecule has 2 rings (SSSR count). The maximum Gasteiger partial charge on any atom is 0.348 e. The number of fused-ring (bicyclic) bond motifs is 1. The van der Waals surface area contributed by atoms with Gasteiger partial charge in [-0.1, -0.05) is 0 Å². The number of rotatable bonds is 8. The van der Waals surface area contributed by atoms with Crippen LogP contribution in [0.4, 0.5) is 5.82 Å². The highest BCUT2D eigenvalue weighted by Crippen LogP contribution is 2.34. The number of aromatic nitrogens is 2. The first-order valence-corrected chi connectivity index (χ1v) is 9.47. The van der Waals surface area contributed by atoms with Crippen molar-refractivity contribution >= 4 is 33.3 Å². The van der Waals surface area contributed by atoms with Crippen LogP contribution in [0.1, 0.15) is 47.7 Å². The van der Waals surface area contributed by atoms with E-state index < -0.39 is 0 Å². The van der Waals surface area contributed by atoms with Crippen LogP contribution in [-0.2, 0) is 4.74 Å². The Hall–Kier alpha value is -1.73. The van der Waals surface area contributed by atoms with Crippen LogP contribution in [0, 0.1) is 13.8 Å². The zero-order valence-corrected chi connectivity index (χ0v) is 16.8. The molecule has 0 aliphatic heterocycles. The topological polar surface area (TPSA) is 67.3 Å². The lowest BCUT2D eigenvalue weighted by Crippen LogP contribution is -2.27. The number of aryl methyl sites for hydroxylation is 2. The Morgan fingerprint density at radius 2 is 2.00 bits per heavy atom. The Bertz CT molecular complexity index is 742. The van der Waals surface area contributed by atoms with E-state index in [4.69, 9.17) is 4.74 Å². The summed E-state index contributed by atoms with van der Waals surface area (Å²) in [5.41, 5.74) is 0.883. The summed E-state index contributed by atoms with van der Waals surface area (Å²) in [6, 6.07) is 0.572. The van der Waals surface area contributed by atoms with Crippen molar-refractivity contribution in [1.82, 2.24) is 14.9 Å². The van der Waals surface area contributed by atoms with Crippen LogP contribution in [0.2, 0.25) is 0 Å².